The molecule has 0 saturated carbocycles. The van der Waals surface area contributed by atoms with Crippen LogP contribution in [0.3, 0.4) is 0 Å². The molecule has 80 valence electrons. The maximum absolute atomic E-state index is 12.9. The summed E-state index contributed by atoms with van der Waals surface area (Å²) in [7, 11) is 0. The number of benzene rings is 1. The lowest BCUT2D eigenvalue weighted by atomic mass is 10.0. The molecule has 3 heteroatoms. The Labute approximate surface area is 82.8 Å². The Kier molecular flexibility index (Phi) is 5.28. The van der Waals surface area contributed by atoms with Crippen LogP contribution in [0.2, 0.25) is 0 Å². The molecule has 0 aliphatic rings. The summed E-state index contributed by atoms with van der Waals surface area (Å²) in [5, 5.41) is 0. The van der Waals surface area contributed by atoms with Crippen LogP contribution in [0.25, 0.3) is 0 Å². The van der Waals surface area contributed by atoms with Crippen molar-refractivity contribution in [2.75, 3.05) is 0 Å². The van der Waals surface area contributed by atoms with Crippen LogP contribution in [0, 0.1) is 17.5 Å². The Morgan fingerprint density at radius 2 is 1.29 bits per heavy atom. The molecule has 0 unspecified atom stereocenters. The average molecular weight is 204 g/mol. The van der Waals surface area contributed by atoms with Crippen molar-refractivity contribution in [3.8, 4) is 0 Å². The van der Waals surface area contributed by atoms with Crippen molar-refractivity contribution in [1.29, 1.82) is 0 Å². The van der Waals surface area contributed by atoms with Crippen LogP contribution in [-0.2, 0) is 0 Å². The first kappa shape index (κ1) is 13.0. The summed E-state index contributed by atoms with van der Waals surface area (Å²) in [5.74, 6) is -2.79. The molecule has 0 aliphatic heterocycles. The molecule has 0 bridgehead atoms. The lowest BCUT2D eigenvalue weighted by Crippen LogP contribution is -1.98. The van der Waals surface area contributed by atoms with Gasteiger partial charge in [0.2, 0.25) is 0 Å². The molecule has 0 nitrogen and oxygen atoms in total. The first-order valence-electron chi connectivity index (χ1n) is 4.67. The van der Waals surface area contributed by atoms with Crippen LogP contribution < -0.4 is 0 Å². The van der Waals surface area contributed by atoms with Gasteiger partial charge in [0.15, 0.2) is 0 Å². The molecule has 0 heterocycles. The molecule has 1 aromatic rings. The molecule has 0 saturated heterocycles. The Morgan fingerprint density at radius 1 is 0.929 bits per heavy atom. The minimum atomic E-state index is -0.880. The number of hydrogen-bond acceptors (Lipinski definition) is 0. The van der Waals surface area contributed by atoms with E-state index in [4.69, 9.17) is 0 Å². The molecule has 0 spiro atoms. The monoisotopic (exact) mass is 204 g/mol. The van der Waals surface area contributed by atoms with Crippen molar-refractivity contribution >= 4 is 0 Å². The number of rotatable bonds is 1. The van der Waals surface area contributed by atoms with E-state index < -0.39 is 17.5 Å². The fourth-order valence-electron chi connectivity index (χ4n) is 1.10. The predicted octanol–water partition coefficient (Wildman–Crippen LogP) is 4.25. The first-order valence-corrected chi connectivity index (χ1v) is 4.67. The van der Waals surface area contributed by atoms with Gasteiger partial charge in [-0.25, -0.2) is 13.2 Å². The molecule has 0 fully saturated rings. The van der Waals surface area contributed by atoms with Crippen molar-refractivity contribution in [3.63, 3.8) is 0 Å². The minimum absolute atomic E-state index is 0.0589. The lowest BCUT2D eigenvalue weighted by molar-refractivity contribution is 0.514. The Balaban J connectivity index is 0.000000791. The van der Waals surface area contributed by atoms with Crippen LogP contribution in [0.15, 0.2) is 12.1 Å². The van der Waals surface area contributed by atoms with Gasteiger partial charge in [-0.3, -0.25) is 0 Å². The lowest BCUT2D eigenvalue weighted by Gasteiger charge is -2.07. The largest absolute Gasteiger partial charge is 0.207 e. The molecular weight excluding hydrogens is 189 g/mol. The summed E-state index contributed by atoms with van der Waals surface area (Å²) in [6.45, 7) is 7.30. The zero-order valence-corrected chi connectivity index (χ0v) is 8.87. The number of halogens is 3. The molecule has 1 rings (SSSR count). The summed E-state index contributed by atoms with van der Waals surface area (Å²) < 4.78 is 38.2. The maximum atomic E-state index is 12.9. The Hall–Kier alpha value is -0.990. The first-order chi connectivity index (χ1) is 6.52. The van der Waals surface area contributed by atoms with Gasteiger partial charge in [-0.05, 0) is 5.92 Å². The molecule has 0 amide bonds. The topological polar surface area (TPSA) is 0 Å². The second kappa shape index (κ2) is 5.68. The van der Waals surface area contributed by atoms with E-state index in [1.165, 1.54) is 0 Å². The fourth-order valence-corrected chi connectivity index (χ4v) is 1.10. The molecule has 0 aromatic heterocycles. The standard InChI is InChI=1S/C9H9F3.C2H6/c1-5(2)9-7(11)3-6(10)4-8(9)12;1-2/h3-5H,1-2H3;1-2H3. The summed E-state index contributed by atoms with van der Waals surface area (Å²) >= 11 is 0. The Bertz CT molecular complexity index is 270. The third-order valence-corrected chi connectivity index (χ3v) is 1.62. The van der Waals surface area contributed by atoms with Crippen molar-refractivity contribution in [2.45, 2.75) is 33.6 Å². The second-order valence-corrected chi connectivity index (χ2v) is 2.94. The SMILES string of the molecule is CC.CC(C)c1c(F)cc(F)cc1F. The highest BCUT2D eigenvalue weighted by Gasteiger charge is 2.13. The van der Waals surface area contributed by atoms with E-state index in [-0.39, 0.29) is 11.5 Å². The molecule has 0 N–H and O–H groups in total. The van der Waals surface area contributed by atoms with Crippen molar-refractivity contribution in [3.05, 3.63) is 35.1 Å². The van der Waals surface area contributed by atoms with Gasteiger partial charge in [0.05, 0.1) is 0 Å². The van der Waals surface area contributed by atoms with Gasteiger partial charge in [-0.1, -0.05) is 27.7 Å². The van der Waals surface area contributed by atoms with Gasteiger partial charge in [-0.15, -0.1) is 0 Å². The minimum Gasteiger partial charge on any atom is -0.207 e. The van der Waals surface area contributed by atoms with Crippen LogP contribution in [0.1, 0.15) is 39.2 Å². The second-order valence-electron chi connectivity index (χ2n) is 2.94. The molecule has 0 aliphatic carbocycles. The van der Waals surface area contributed by atoms with Gasteiger partial charge in [0, 0.05) is 17.7 Å². The van der Waals surface area contributed by atoms with Gasteiger partial charge in [0.25, 0.3) is 0 Å². The highest BCUT2D eigenvalue weighted by molar-refractivity contribution is 5.23. The van der Waals surface area contributed by atoms with E-state index in [9.17, 15) is 13.2 Å². The van der Waals surface area contributed by atoms with Crippen molar-refractivity contribution < 1.29 is 13.2 Å². The van der Waals surface area contributed by atoms with Crippen LogP contribution in [0.5, 0.6) is 0 Å². The normalized spacial score (nSPS) is 9.71. The molecule has 1 aromatic carbocycles. The van der Waals surface area contributed by atoms with Crippen molar-refractivity contribution in [1.82, 2.24) is 0 Å². The molecule has 0 atom stereocenters. The van der Waals surface area contributed by atoms with Gasteiger partial charge in [-0.2, -0.15) is 0 Å². The van der Waals surface area contributed by atoms with Crippen LogP contribution >= 0.6 is 0 Å². The van der Waals surface area contributed by atoms with Gasteiger partial charge < -0.3 is 0 Å². The van der Waals surface area contributed by atoms with E-state index in [1.807, 2.05) is 13.8 Å². The molecule has 14 heavy (non-hydrogen) atoms. The van der Waals surface area contributed by atoms with E-state index in [2.05, 4.69) is 0 Å². The zero-order chi connectivity index (χ0) is 11.3. The average Bonchev–Trinajstić information content (AvgIpc) is 2.04. The highest BCUT2D eigenvalue weighted by Crippen LogP contribution is 2.22. The van der Waals surface area contributed by atoms with E-state index in [0.29, 0.717) is 12.1 Å². The third kappa shape index (κ3) is 3.05. The third-order valence-electron chi connectivity index (χ3n) is 1.62. The van der Waals surface area contributed by atoms with E-state index in [1.54, 1.807) is 13.8 Å². The van der Waals surface area contributed by atoms with Crippen LogP contribution in [-0.4, -0.2) is 0 Å². The highest BCUT2D eigenvalue weighted by atomic mass is 19.1. The summed E-state index contributed by atoms with van der Waals surface area (Å²) in [5.41, 5.74) is -0.0589. The zero-order valence-electron chi connectivity index (χ0n) is 8.87. The van der Waals surface area contributed by atoms with Crippen molar-refractivity contribution in [2.24, 2.45) is 0 Å². The smallest absolute Gasteiger partial charge is 0.132 e. The maximum Gasteiger partial charge on any atom is 0.132 e. The fraction of sp³-hybridized carbons (Fsp3) is 0.455. The number of hydrogen-bond donors (Lipinski definition) is 0. The quantitative estimate of drug-likeness (QED) is 0.641. The van der Waals surface area contributed by atoms with Gasteiger partial charge >= 0.3 is 0 Å². The van der Waals surface area contributed by atoms with Gasteiger partial charge in [0.1, 0.15) is 17.5 Å². The molecule has 0 radical (unpaired) electrons. The van der Waals surface area contributed by atoms with E-state index in [0.717, 1.165) is 0 Å². The summed E-state index contributed by atoms with van der Waals surface area (Å²) in [4.78, 5) is 0. The Morgan fingerprint density at radius 3 is 1.57 bits per heavy atom. The van der Waals surface area contributed by atoms with Crippen LogP contribution in [0.4, 0.5) is 13.2 Å². The van der Waals surface area contributed by atoms with E-state index >= 15 is 0 Å². The summed E-state index contributed by atoms with van der Waals surface area (Å²) in [6.07, 6.45) is 0. The molecular formula is C11H15F3. The predicted molar refractivity (Wildman–Crippen MR) is 51.8 cm³/mol. The summed E-state index contributed by atoms with van der Waals surface area (Å²) in [6, 6.07) is 1.39.